The second-order valence-electron chi connectivity index (χ2n) is 8.54. The van der Waals surface area contributed by atoms with Crippen molar-refractivity contribution in [2.45, 2.75) is 6.92 Å². The minimum Gasteiger partial charge on any atom is -0.480 e. The molecule has 5 aromatic rings. The molecule has 0 aliphatic carbocycles. The minimum absolute atomic E-state index is 0.00240. The van der Waals surface area contributed by atoms with Crippen LogP contribution in [0, 0.1) is 12.7 Å². The van der Waals surface area contributed by atoms with E-state index in [-0.39, 0.29) is 27.7 Å². The quantitative estimate of drug-likeness (QED) is 0.220. The minimum atomic E-state index is -0.784. The van der Waals surface area contributed by atoms with Crippen LogP contribution in [0.4, 0.5) is 4.39 Å². The van der Waals surface area contributed by atoms with Crippen molar-refractivity contribution in [2.24, 2.45) is 0 Å². The lowest BCUT2D eigenvalue weighted by Crippen LogP contribution is -2.21. The molecule has 3 heterocycles. The molecule has 0 N–H and O–H groups in total. The van der Waals surface area contributed by atoms with E-state index in [0.717, 1.165) is 6.07 Å². The monoisotopic (exact) mass is 561 g/mol. The van der Waals surface area contributed by atoms with Crippen molar-refractivity contribution in [1.29, 1.82) is 0 Å². The van der Waals surface area contributed by atoms with Crippen molar-refractivity contribution in [1.82, 2.24) is 14.4 Å². The van der Waals surface area contributed by atoms with Gasteiger partial charge in [0.2, 0.25) is 5.88 Å². The van der Waals surface area contributed by atoms with Crippen LogP contribution in [0.5, 0.6) is 5.88 Å². The van der Waals surface area contributed by atoms with Gasteiger partial charge in [-0.05, 0) is 24.6 Å². The fourth-order valence-electron chi connectivity index (χ4n) is 4.37. The molecule has 194 valence electrons. The first-order valence-corrected chi connectivity index (χ1v) is 12.3. The number of aromatic nitrogens is 3. The zero-order valence-electron chi connectivity index (χ0n) is 20.5. The van der Waals surface area contributed by atoms with Crippen LogP contribution in [0.25, 0.3) is 39.2 Å². The summed E-state index contributed by atoms with van der Waals surface area (Å²) in [4.78, 5) is 43.8. The second-order valence-corrected chi connectivity index (χ2v) is 9.30. The van der Waals surface area contributed by atoms with E-state index < -0.39 is 11.4 Å². The van der Waals surface area contributed by atoms with E-state index in [2.05, 4.69) is 9.97 Å². The van der Waals surface area contributed by atoms with Crippen LogP contribution in [0.3, 0.4) is 0 Å². The van der Waals surface area contributed by atoms with Gasteiger partial charge in [-0.1, -0.05) is 59.6 Å². The Bertz CT molecular complexity index is 1870. The number of ether oxygens (including phenoxy) is 1. The van der Waals surface area contributed by atoms with Crippen LogP contribution >= 0.6 is 23.2 Å². The first-order valence-electron chi connectivity index (χ1n) is 11.5. The Morgan fingerprint density at radius 3 is 2.13 bits per heavy atom. The lowest BCUT2D eigenvalue weighted by Gasteiger charge is -2.15. The first-order chi connectivity index (χ1) is 18.8. The van der Waals surface area contributed by atoms with Crippen LogP contribution in [-0.2, 0) is 0 Å². The Labute approximate surface area is 231 Å². The Kier molecular flexibility index (Phi) is 6.99. The third-order valence-corrected chi connectivity index (χ3v) is 7.15. The molecule has 7 nitrogen and oxygen atoms in total. The first kappa shape index (κ1) is 26.2. The van der Waals surface area contributed by atoms with Crippen molar-refractivity contribution in [2.75, 3.05) is 7.11 Å². The molecule has 0 saturated carbocycles. The van der Waals surface area contributed by atoms with Gasteiger partial charge in [0.25, 0.3) is 5.56 Å². The molecule has 0 aliphatic heterocycles. The average molecular weight is 562 g/mol. The molecule has 0 spiro atoms. The van der Waals surface area contributed by atoms with Gasteiger partial charge in [0, 0.05) is 34.5 Å². The third-order valence-electron chi connectivity index (χ3n) is 6.33. The third kappa shape index (κ3) is 4.47. The summed E-state index contributed by atoms with van der Waals surface area (Å²) in [6.07, 6.45) is 2.38. The molecule has 2 aromatic carbocycles. The molecule has 10 heteroatoms. The molecular weight excluding hydrogens is 544 g/mol. The highest BCUT2D eigenvalue weighted by Crippen LogP contribution is 2.42. The highest BCUT2D eigenvalue weighted by atomic mass is 35.5. The Morgan fingerprint density at radius 1 is 0.872 bits per heavy atom. The van der Waals surface area contributed by atoms with Crippen LogP contribution < -0.4 is 10.3 Å². The number of hydrogen-bond donors (Lipinski definition) is 0. The fourth-order valence-corrected chi connectivity index (χ4v) is 5.03. The lowest BCUT2D eigenvalue weighted by atomic mass is 9.97. The SMILES string of the molecule is COc1nc(-c2cccc(-c3cccc(-c4ccn5c(=O)c(C=O)c(C)nc5c4)c3Cl)c2Cl)cc(F)c1C=O. The maximum absolute atomic E-state index is 14.6. The number of pyridine rings is 2. The lowest BCUT2D eigenvalue weighted by molar-refractivity contribution is 0.111. The topological polar surface area (TPSA) is 90.6 Å². The van der Waals surface area contributed by atoms with Gasteiger partial charge in [-0.2, -0.15) is 0 Å². The van der Waals surface area contributed by atoms with Gasteiger partial charge >= 0.3 is 0 Å². The summed E-state index contributed by atoms with van der Waals surface area (Å²) in [5.41, 5.74) is 3.09. The van der Waals surface area contributed by atoms with Crippen LogP contribution in [-0.4, -0.2) is 34.1 Å². The van der Waals surface area contributed by atoms with Gasteiger partial charge < -0.3 is 4.74 Å². The number of methoxy groups -OCH3 is 1. The number of aryl methyl sites for hydroxylation is 1. The molecule has 0 fully saturated rings. The molecule has 0 amide bonds. The standard InChI is InChI=1S/C29H18Cl2FN3O4/c1-15-21(13-36)29(38)35-10-9-16(11-25(35)33-15)17-5-3-6-18(26(17)30)19-7-4-8-20(27(19)31)24-12-23(32)22(14-37)28(34-24)39-2/h3-14H,1-2H3. The normalized spacial score (nSPS) is 11.0. The van der Waals surface area contributed by atoms with E-state index in [1.165, 1.54) is 11.5 Å². The van der Waals surface area contributed by atoms with E-state index >= 15 is 0 Å². The van der Waals surface area contributed by atoms with Gasteiger partial charge in [-0.15, -0.1) is 0 Å². The van der Waals surface area contributed by atoms with E-state index in [0.29, 0.717) is 56.8 Å². The maximum atomic E-state index is 14.6. The molecule has 0 bridgehead atoms. The predicted molar refractivity (Wildman–Crippen MR) is 148 cm³/mol. The van der Waals surface area contributed by atoms with Crippen LogP contribution in [0.15, 0.2) is 65.6 Å². The van der Waals surface area contributed by atoms with Gasteiger partial charge in [-0.3, -0.25) is 18.8 Å². The van der Waals surface area contributed by atoms with Gasteiger partial charge in [-0.25, -0.2) is 14.4 Å². The summed E-state index contributed by atoms with van der Waals surface area (Å²) in [5.74, 6) is -0.936. The van der Waals surface area contributed by atoms with E-state index in [9.17, 15) is 18.8 Å². The highest BCUT2D eigenvalue weighted by Gasteiger charge is 2.19. The van der Waals surface area contributed by atoms with Crippen LogP contribution in [0.2, 0.25) is 10.0 Å². The van der Waals surface area contributed by atoms with Crippen molar-refractivity contribution in [3.63, 3.8) is 0 Å². The van der Waals surface area contributed by atoms with Gasteiger partial charge in [0.05, 0.1) is 28.5 Å². The van der Waals surface area contributed by atoms with E-state index in [1.807, 2.05) is 12.1 Å². The number of aldehydes is 2. The highest BCUT2D eigenvalue weighted by molar-refractivity contribution is 6.39. The number of hydrogen-bond acceptors (Lipinski definition) is 6. The molecule has 0 aliphatic rings. The number of fused-ring (bicyclic) bond motifs is 1. The molecule has 0 radical (unpaired) electrons. The summed E-state index contributed by atoms with van der Waals surface area (Å²) in [7, 11) is 1.29. The molecule has 0 unspecified atom stereocenters. The van der Waals surface area contributed by atoms with Gasteiger partial charge in [0.15, 0.2) is 12.6 Å². The van der Waals surface area contributed by atoms with Crippen molar-refractivity contribution in [3.05, 3.63) is 104 Å². The predicted octanol–water partition coefficient (Wildman–Crippen LogP) is 6.48. The Balaban J connectivity index is 1.64. The van der Waals surface area contributed by atoms with Crippen molar-refractivity contribution < 1.29 is 18.7 Å². The summed E-state index contributed by atoms with van der Waals surface area (Å²) in [6.45, 7) is 1.60. The number of nitrogens with zero attached hydrogens (tertiary/aromatic N) is 3. The van der Waals surface area contributed by atoms with E-state index in [4.69, 9.17) is 27.9 Å². The molecule has 0 atom stereocenters. The largest absolute Gasteiger partial charge is 0.480 e. The molecule has 39 heavy (non-hydrogen) atoms. The second kappa shape index (κ2) is 10.4. The summed E-state index contributed by atoms with van der Waals surface area (Å²) < 4.78 is 21.0. The number of halogens is 3. The molecule has 5 rings (SSSR count). The summed E-state index contributed by atoms with van der Waals surface area (Å²) >= 11 is 13.7. The van der Waals surface area contributed by atoms with Crippen molar-refractivity contribution >= 4 is 41.4 Å². The Hall–Kier alpha value is -4.40. The van der Waals surface area contributed by atoms with E-state index in [1.54, 1.807) is 49.5 Å². The summed E-state index contributed by atoms with van der Waals surface area (Å²) in [6, 6.07) is 15.1. The smallest absolute Gasteiger partial charge is 0.268 e. The maximum Gasteiger partial charge on any atom is 0.268 e. The number of rotatable bonds is 6. The number of carbonyl (C=O) groups is 2. The molecular formula is C29H18Cl2FN3O4. The number of benzene rings is 2. The Morgan fingerprint density at radius 2 is 1.49 bits per heavy atom. The zero-order valence-corrected chi connectivity index (χ0v) is 22.0. The fraction of sp³-hybridized carbons (Fsp3) is 0.0690. The zero-order chi connectivity index (χ0) is 27.8. The van der Waals surface area contributed by atoms with Gasteiger partial charge in [0.1, 0.15) is 22.6 Å². The average Bonchev–Trinajstić information content (AvgIpc) is 2.93. The molecule has 3 aromatic heterocycles. The number of carbonyl (C=O) groups excluding carboxylic acids is 2. The van der Waals surface area contributed by atoms with Crippen molar-refractivity contribution in [3.8, 4) is 39.4 Å². The summed E-state index contributed by atoms with van der Waals surface area (Å²) in [5, 5.41) is 0.658. The van der Waals surface area contributed by atoms with Crippen LogP contribution in [0.1, 0.15) is 26.4 Å². The molecule has 0 saturated heterocycles.